The zero-order valence-corrected chi connectivity index (χ0v) is 16.7. The summed E-state index contributed by atoms with van der Waals surface area (Å²) in [4.78, 5) is 59.4. The lowest BCUT2D eigenvalue weighted by Crippen LogP contribution is -2.53. The molecule has 0 aromatic heterocycles. The molecular weight excluding hydrogens is 442 g/mol. The number of carbonyl (C=O) groups excluding carboxylic acids is 4. The first-order chi connectivity index (χ1) is 14.4. The Balaban J connectivity index is 2.11. The van der Waals surface area contributed by atoms with Gasteiger partial charge in [0.15, 0.2) is 0 Å². The predicted octanol–water partition coefficient (Wildman–Crippen LogP) is 0.0505. The van der Waals surface area contributed by atoms with E-state index in [1.54, 1.807) is 0 Å². The minimum Gasteiger partial charge on any atom is -0.481 e. The Hall–Kier alpha value is -3.12. The van der Waals surface area contributed by atoms with E-state index in [4.69, 9.17) is 22.6 Å². The molecule has 2 rings (SSSR count). The van der Waals surface area contributed by atoms with Gasteiger partial charge >= 0.3 is 5.97 Å². The minimum absolute atomic E-state index is 0.0614. The average molecular weight is 461 g/mol. The van der Waals surface area contributed by atoms with Crippen LogP contribution in [0.1, 0.15) is 23.2 Å². The van der Waals surface area contributed by atoms with Gasteiger partial charge in [0.25, 0.3) is 11.8 Å². The van der Waals surface area contributed by atoms with Gasteiger partial charge in [-0.1, -0.05) is 17.7 Å². The monoisotopic (exact) mass is 460 g/mol. The smallest absolute Gasteiger partial charge is 0.305 e. The number of amides is 3. The third-order valence-electron chi connectivity index (χ3n) is 4.42. The summed E-state index contributed by atoms with van der Waals surface area (Å²) in [7, 11) is 0. The van der Waals surface area contributed by atoms with Gasteiger partial charge in [0.1, 0.15) is 18.9 Å². The second-order valence-corrected chi connectivity index (χ2v) is 7.33. The van der Waals surface area contributed by atoms with Crippen LogP contribution in [0.5, 0.6) is 0 Å². The quantitative estimate of drug-likeness (QED) is 0.215. The maximum Gasteiger partial charge on any atom is 0.305 e. The highest BCUT2D eigenvalue weighted by Gasteiger charge is 2.50. The molecule has 1 aromatic carbocycles. The Morgan fingerprint density at radius 2 is 2.06 bits per heavy atom. The van der Waals surface area contributed by atoms with Gasteiger partial charge in [-0.2, -0.15) is 0 Å². The summed E-state index contributed by atoms with van der Waals surface area (Å²) in [5.41, 5.74) is 0.0614. The van der Waals surface area contributed by atoms with E-state index in [1.807, 2.05) is 5.32 Å². The van der Waals surface area contributed by atoms with Gasteiger partial charge in [-0.15, -0.1) is 0 Å². The summed E-state index contributed by atoms with van der Waals surface area (Å²) >= 11 is 5.80. The number of likely N-dealkylation sites (tertiary alicyclic amines) is 1. The number of hydrogen-bond donors (Lipinski definition) is 3. The van der Waals surface area contributed by atoms with Crippen LogP contribution >= 0.6 is 11.6 Å². The van der Waals surface area contributed by atoms with E-state index < -0.39 is 67.6 Å². The van der Waals surface area contributed by atoms with E-state index in [9.17, 15) is 32.8 Å². The molecule has 1 aliphatic heterocycles. The standard InChI is InChI=1S/C18H19ClF2N4O6/c19-11-3-1-2-10(4-11)17(31)25(22)7-14(27)24-9-18(20,21)6-13(24)16(30)23-12(8-26)5-15(28)29/h1-4,8,12-13H,5-7,9,22H2,(H,23,30)(H,28,29). The summed E-state index contributed by atoms with van der Waals surface area (Å²) in [5, 5.41) is 11.5. The van der Waals surface area contributed by atoms with Crippen LogP contribution in [0, 0.1) is 0 Å². The fraction of sp³-hybridized carbons (Fsp3) is 0.389. The van der Waals surface area contributed by atoms with Gasteiger partial charge < -0.3 is 20.1 Å². The van der Waals surface area contributed by atoms with Gasteiger partial charge in [-0.05, 0) is 18.2 Å². The molecule has 10 nitrogen and oxygen atoms in total. The first-order valence-corrected chi connectivity index (χ1v) is 9.28. The molecule has 0 bridgehead atoms. The van der Waals surface area contributed by atoms with Crippen molar-refractivity contribution in [2.75, 3.05) is 13.1 Å². The molecule has 0 radical (unpaired) electrons. The van der Waals surface area contributed by atoms with Crippen molar-refractivity contribution in [3.63, 3.8) is 0 Å². The number of nitrogens with two attached hydrogens (primary N) is 1. The van der Waals surface area contributed by atoms with Gasteiger partial charge in [0.05, 0.1) is 19.0 Å². The fourth-order valence-corrected chi connectivity index (χ4v) is 3.20. The fourth-order valence-electron chi connectivity index (χ4n) is 3.01. The molecule has 168 valence electrons. The molecule has 0 spiro atoms. The molecule has 13 heteroatoms. The molecule has 0 saturated carbocycles. The number of carboxylic acid groups (broad SMARTS) is 1. The van der Waals surface area contributed by atoms with Gasteiger partial charge in [0, 0.05) is 17.0 Å². The summed E-state index contributed by atoms with van der Waals surface area (Å²) in [6, 6.07) is 2.56. The van der Waals surface area contributed by atoms with Crippen LogP contribution in [0.25, 0.3) is 0 Å². The number of benzene rings is 1. The highest BCUT2D eigenvalue weighted by molar-refractivity contribution is 6.31. The van der Waals surface area contributed by atoms with Crippen LogP contribution in [0.3, 0.4) is 0 Å². The Labute approximate surface area is 179 Å². The Bertz CT molecular complexity index is 900. The summed E-state index contributed by atoms with van der Waals surface area (Å²) < 4.78 is 27.9. The number of carbonyl (C=O) groups is 5. The van der Waals surface area contributed by atoms with Gasteiger partial charge in [-0.25, -0.2) is 14.6 Å². The summed E-state index contributed by atoms with van der Waals surface area (Å²) in [5.74, 6) is -2.14. The summed E-state index contributed by atoms with van der Waals surface area (Å²) in [6.07, 6.45) is -1.64. The van der Waals surface area contributed by atoms with E-state index in [0.717, 1.165) is 0 Å². The van der Waals surface area contributed by atoms with Gasteiger partial charge in [-0.3, -0.25) is 24.2 Å². The highest BCUT2D eigenvalue weighted by Crippen LogP contribution is 2.32. The van der Waals surface area contributed by atoms with Crippen LogP contribution in [-0.2, 0) is 19.2 Å². The number of hydrazine groups is 1. The van der Waals surface area contributed by atoms with Crippen molar-refractivity contribution in [1.82, 2.24) is 15.2 Å². The second-order valence-electron chi connectivity index (χ2n) is 6.89. The average Bonchev–Trinajstić information content (AvgIpc) is 3.02. The molecule has 1 fully saturated rings. The third kappa shape index (κ3) is 6.43. The Morgan fingerprint density at radius 3 is 2.65 bits per heavy atom. The molecule has 1 aromatic rings. The predicted molar refractivity (Wildman–Crippen MR) is 102 cm³/mol. The largest absolute Gasteiger partial charge is 0.481 e. The minimum atomic E-state index is -3.41. The molecule has 1 aliphatic rings. The van der Waals surface area contributed by atoms with Crippen LogP contribution in [0.4, 0.5) is 8.78 Å². The van der Waals surface area contributed by atoms with Crippen molar-refractivity contribution in [2.24, 2.45) is 5.84 Å². The molecule has 4 N–H and O–H groups in total. The summed E-state index contributed by atoms with van der Waals surface area (Å²) in [6.45, 7) is -1.91. The maximum absolute atomic E-state index is 13.9. The number of nitrogens with one attached hydrogen (secondary N) is 1. The molecule has 3 amide bonds. The zero-order chi connectivity index (χ0) is 23.3. The van der Waals surface area contributed by atoms with Crippen molar-refractivity contribution < 1.29 is 37.9 Å². The topological polar surface area (TPSA) is 150 Å². The molecule has 2 unspecified atom stereocenters. The van der Waals surface area contributed by atoms with Crippen molar-refractivity contribution in [3.05, 3.63) is 34.9 Å². The number of nitrogens with zero attached hydrogens (tertiary/aromatic N) is 2. The maximum atomic E-state index is 13.9. The number of rotatable bonds is 8. The number of carboxylic acids is 1. The highest BCUT2D eigenvalue weighted by atomic mass is 35.5. The first kappa shape index (κ1) is 24.2. The van der Waals surface area contributed by atoms with Crippen LogP contribution in [0.2, 0.25) is 5.02 Å². The van der Waals surface area contributed by atoms with Crippen molar-refractivity contribution in [1.29, 1.82) is 0 Å². The molecule has 1 heterocycles. The molecule has 31 heavy (non-hydrogen) atoms. The molecule has 0 aliphatic carbocycles. The molecule has 1 saturated heterocycles. The van der Waals surface area contributed by atoms with Crippen LogP contribution in [-0.4, -0.2) is 76.1 Å². The van der Waals surface area contributed by atoms with Crippen molar-refractivity contribution in [2.45, 2.75) is 30.8 Å². The van der Waals surface area contributed by atoms with Crippen molar-refractivity contribution in [3.8, 4) is 0 Å². The van der Waals surface area contributed by atoms with Crippen LogP contribution in [0.15, 0.2) is 24.3 Å². The second kappa shape index (κ2) is 9.79. The lowest BCUT2D eigenvalue weighted by Gasteiger charge is -2.26. The number of halogens is 3. The molecule has 2 atom stereocenters. The van der Waals surface area contributed by atoms with E-state index in [2.05, 4.69) is 0 Å². The normalized spacial score (nSPS) is 18.2. The van der Waals surface area contributed by atoms with Crippen LogP contribution < -0.4 is 11.2 Å². The number of aldehydes is 1. The lowest BCUT2D eigenvalue weighted by atomic mass is 10.1. The lowest BCUT2D eigenvalue weighted by molar-refractivity contribution is -0.141. The number of aliphatic carboxylic acids is 1. The first-order valence-electron chi connectivity index (χ1n) is 8.90. The van der Waals surface area contributed by atoms with Gasteiger partial charge in [0.2, 0.25) is 11.8 Å². The zero-order valence-electron chi connectivity index (χ0n) is 16.0. The SMILES string of the molecule is NN(CC(=O)N1CC(F)(F)CC1C(=O)NC(C=O)CC(=O)O)C(=O)c1cccc(Cl)c1. The van der Waals surface area contributed by atoms with E-state index in [1.165, 1.54) is 24.3 Å². The third-order valence-corrected chi connectivity index (χ3v) is 4.65. The number of hydrogen-bond acceptors (Lipinski definition) is 6. The Kier molecular flexibility index (Phi) is 7.63. The Morgan fingerprint density at radius 1 is 1.39 bits per heavy atom. The van der Waals surface area contributed by atoms with Crippen molar-refractivity contribution >= 4 is 41.6 Å². The van der Waals surface area contributed by atoms with E-state index >= 15 is 0 Å². The molecular formula is C18H19ClF2N4O6. The van der Waals surface area contributed by atoms with E-state index in [-0.39, 0.29) is 16.9 Å². The number of alkyl halides is 2. The van der Waals surface area contributed by atoms with E-state index in [0.29, 0.717) is 9.91 Å².